The fourth-order valence-electron chi connectivity index (χ4n) is 1.58. The molecule has 0 fully saturated rings. The minimum atomic E-state index is -1.10. The summed E-state index contributed by atoms with van der Waals surface area (Å²) in [6.45, 7) is 2.55. The van der Waals surface area contributed by atoms with Gasteiger partial charge in [-0.2, -0.15) is 0 Å². The summed E-state index contributed by atoms with van der Waals surface area (Å²) in [5.74, 6) is -1.26. The second-order valence-electron chi connectivity index (χ2n) is 4.08. The molecular weight excluding hydrogens is 270 g/mol. The Bertz CT molecular complexity index is 479. The first kappa shape index (κ1) is 15.2. The Labute approximate surface area is 116 Å². The molecule has 0 aliphatic heterocycles. The number of hydrogen-bond acceptors (Lipinski definition) is 4. The van der Waals surface area contributed by atoms with Crippen LogP contribution in [0.2, 0.25) is 5.15 Å². The van der Waals surface area contributed by atoms with Crippen LogP contribution in [0, 0.1) is 0 Å². The molecule has 1 rings (SSSR count). The Hall–Kier alpha value is -1.82. The Morgan fingerprint density at radius 3 is 2.68 bits per heavy atom. The van der Waals surface area contributed by atoms with Gasteiger partial charge in [-0.05, 0) is 18.6 Å². The number of primary amides is 1. The minimum Gasteiger partial charge on any atom is -0.478 e. The van der Waals surface area contributed by atoms with Crippen LogP contribution in [0.5, 0.6) is 0 Å². The van der Waals surface area contributed by atoms with Crippen LogP contribution in [-0.2, 0) is 4.79 Å². The highest BCUT2D eigenvalue weighted by Gasteiger charge is 2.14. The molecule has 0 aromatic carbocycles. The van der Waals surface area contributed by atoms with Crippen LogP contribution in [0.3, 0.4) is 0 Å². The van der Waals surface area contributed by atoms with Crippen molar-refractivity contribution in [2.45, 2.75) is 19.8 Å². The van der Waals surface area contributed by atoms with Gasteiger partial charge in [-0.3, -0.25) is 4.79 Å². The molecule has 1 aromatic rings. The number of aromatic carboxylic acids is 1. The van der Waals surface area contributed by atoms with Crippen LogP contribution < -0.4 is 10.6 Å². The van der Waals surface area contributed by atoms with Crippen molar-refractivity contribution < 1.29 is 14.7 Å². The first-order valence-corrected chi connectivity index (χ1v) is 6.26. The Morgan fingerprint density at radius 2 is 2.16 bits per heavy atom. The lowest BCUT2D eigenvalue weighted by molar-refractivity contribution is -0.116. The maximum absolute atomic E-state index is 11.1. The summed E-state index contributed by atoms with van der Waals surface area (Å²) in [5.41, 5.74) is 5.21. The molecular formula is C12H16ClN3O3. The molecule has 1 heterocycles. The third-order valence-corrected chi connectivity index (χ3v) is 2.67. The van der Waals surface area contributed by atoms with Gasteiger partial charge in [0, 0.05) is 6.54 Å². The van der Waals surface area contributed by atoms with E-state index in [2.05, 4.69) is 4.98 Å². The summed E-state index contributed by atoms with van der Waals surface area (Å²) >= 11 is 5.79. The standard InChI is InChI=1S/C12H16ClN3O3/c1-2-3-4-16(7-10(14)17)11-6-8(12(18)19)5-9(13)15-11/h5-6H,2-4,7H2,1H3,(H2,14,17)(H,18,19). The van der Waals surface area contributed by atoms with Gasteiger partial charge in [0.05, 0.1) is 12.1 Å². The largest absolute Gasteiger partial charge is 0.478 e. The van der Waals surface area contributed by atoms with Gasteiger partial charge in [0.15, 0.2) is 0 Å². The number of carboxylic acids is 1. The molecule has 0 saturated heterocycles. The van der Waals surface area contributed by atoms with Crippen molar-refractivity contribution in [1.82, 2.24) is 4.98 Å². The van der Waals surface area contributed by atoms with Crippen molar-refractivity contribution in [3.63, 3.8) is 0 Å². The summed E-state index contributed by atoms with van der Waals surface area (Å²) < 4.78 is 0. The zero-order chi connectivity index (χ0) is 14.4. The number of hydrogen-bond donors (Lipinski definition) is 2. The number of nitrogens with two attached hydrogens (primary N) is 1. The molecule has 19 heavy (non-hydrogen) atoms. The molecule has 1 aromatic heterocycles. The monoisotopic (exact) mass is 285 g/mol. The molecule has 0 atom stereocenters. The van der Waals surface area contributed by atoms with E-state index in [0.29, 0.717) is 12.4 Å². The number of nitrogens with zero attached hydrogens (tertiary/aromatic N) is 2. The van der Waals surface area contributed by atoms with E-state index >= 15 is 0 Å². The molecule has 104 valence electrons. The van der Waals surface area contributed by atoms with E-state index in [0.717, 1.165) is 12.8 Å². The zero-order valence-electron chi connectivity index (χ0n) is 10.6. The van der Waals surface area contributed by atoms with Crippen molar-refractivity contribution in [2.24, 2.45) is 5.73 Å². The second kappa shape index (κ2) is 6.94. The summed E-state index contributed by atoms with van der Waals surface area (Å²) in [6.07, 6.45) is 1.77. The van der Waals surface area contributed by atoms with E-state index in [9.17, 15) is 9.59 Å². The minimum absolute atomic E-state index is 0.0214. The van der Waals surface area contributed by atoms with E-state index in [4.69, 9.17) is 22.4 Å². The first-order chi connectivity index (χ1) is 8.93. The molecule has 6 nitrogen and oxygen atoms in total. The molecule has 0 unspecified atom stereocenters. The molecule has 1 amide bonds. The molecule has 0 spiro atoms. The van der Waals surface area contributed by atoms with Crippen LogP contribution in [0.1, 0.15) is 30.1 Å². The second-order valence-corrected chi connectivity index (χ2v) is 4.47. The lowest BCUT2D eigenvalue weighted by Crippen LogP contribution is -2.35. The number of aromatic nitrogens is 1. The number of pyridine rings is 1. The predicted octanol–water partition coefficient (Wildman–Crippen LogP) is 1.52. The fourth-order valence-corrected chi connectivity index (χ4v) is 1.78. The quantitative estimate of drug-likeness (QED) is 0.741. The Kier molecular flexibility index (Phi) is 5.57. The van der Waals surface area contributed by atoms with E-state index < -0.39 is 11.9 Å². The third kappa shape index (κ3) is 4.75. The van der Waals surface area contributed by atoms with Gasteiger partial charge in [0.1, 0.15) is 11.0 Å². The molecule has 0 bridgehead atoms. The number of carbonyl (C=O) groups excluding carboxylic acids is 1. The van der Waals surface area contributed by atoms with Gasteiger partial charge in [0.2, 0.25) is 5.91 Å². The van der Waals surface area contributed by atoms with Crippen LogP contribution in [0.15, 0.2) is 12.1 Å². The Balaban J connectivity index is 3.05. The van der Waals surface area contributed by atoms with Crippen molar-refractivity contribution in [3.8, 4) is 0 Å². The highest BCUT2D eigenvalue weighted by Crippen LogP contribution is 2.18. The topological polar surface area (TPSA) is 96.5 Å². The van der Waals surface area contributed by atoms with E-state index in [1.54, 1.807) is 4.90 Å². The van der Waals surface area contributed by atoms with E-state index in [1.807, 2.05) is 6.92 Å². The molecule has 3 N–H and O–H groups in total. The number of unbranched alkanes of at least 4 members (excludes halogenated alkanes) is 1. The molecule has 0 saturated carbocycles. The van der Waals surface area contributed by atoms with Crippen LogP contribution >= 0.6 is 11.6 Å². The molecule has 7 heteroatoms. The number of carbonyl (C=O) groups is 2. The van der Waals surface area contributed by atoms with Gasteiger partial charge in [-0.15, -0.1) is 0 Å². The molecule has 0 aliphatic rings. The normalized spacial score (nSPS) is 10.2. The maximum atomic E-state index is 11.1. The first-order valence-electron chi connectivity index (χ1n) is 5.88. The molecule has 0 radical (unpaired) electrons. The van der Waals surface area contributed by atoms with Gasteiger partial charge < -0.3 is 15.7 Å². The van der Waals surface area contributed by atoms with Gasteiger partial charge >= 0.3 is 5.97 Å². The van der Waals surface area contributed by atoms with Gasteiger partial charge in [-0.1, -0.05) is 24.9 Å². The number of anilines is 1. The number of amides is 1. The van der Waals surface area contributed by atoms with Crippen molar-refractivity contribution in [3.05, 3.63) is 22.8 Å². The zero-order valence-corrected chi connectivity index (χ0v) is 11.4. The van der Waals surface area contributed by atoms with Crippen LogP contribution in [0.25, 0.3) is 0 Å². The van der Waals surface area contributed by atoms with Crippen molar-refractivity contribution >= 4 is 29.3 Å². The number of halogens is 1. The lowest BCUT2D eigenvalue weighted by atomic mass is 10.2. The number of carboxylic acid groups (broad SMARTS) is 1. The highest BCUT2D eigenvalue weighted by atomic mass is 35.5. The SMILES string of the molecule is CCCCN(CC(N)=O)c1cc(C(=O)O)cc(Cl)n1. The maximum Gasteiger partial charge on any atom is 0.335 e. The van der Waals surface area contributed by atoms with E-state index in [-0.39, 0.29) is 17.3 Å². The van der Waals surface area contributed by atoms with Gasteiger partial charge in [-0.25, -0.2) is 9.78 Å². The average Bonchev–Trinajstić information content (AvgIpc) is 2.33. The Morgan fingerprint density at radius 1 is 1.47 bits per heavy atom. The summed E-state index contributed by atoms with van der Waals surface area (Å²) in [4.78, 5) is 27.7. The summed E-state index contributed by atoms with van der Waals surface area (Å²) in [5, 5.41) is 9.05. The summed E-state index contributed by atoms with van der Waals surface area (Å²) in [6, 6.07) is 2.64. The fraction of sp³-hybridized carbons (Fsp3) is 0.417. The van der Waals surface area contributed by atoms with E-state index in [1.165, 1.54) is 12.1 Å². The van der Waals surface area contributed by atoms with Crippen LogP contribution in [0.4, 0.5) is 5.82 Å². The van der Waals surface area contributed by atoms with Crippen molar-refractivity contribution in [1.29, 1.82) is 0 Å². The lowest BCUT2D eigenvalue weighted by Gasteiger charge is -2.22. The summed E-state index contributed by atoms with van der Waals surface area (Å²) in [7, 11) is 0. The molecule has 0 aliphatic carbocycles. The average molecular weight is 286 g/mol. The highest BCUT2D eigenvalue weighted by molar-refractivity contribution is 6.29. The van der Waals surface area contributed by atoms with Gasteiger partial charge in [0.25, 0.3) is 0 Å². The third-order valence-electron chi connectivity index (χ3n) is 2.48. The number of rotatable bonds is 7. The van der Waals surface area contributed by atoms with Crippen LogP contribution in [-0.4, -0.2) is 35.1 Å². The smallest absolute Gasteiger partial charge is 0.335 e. The predicted molar refractivity (Wildman–Crippen MR) is 72.5 cm³/mol. The van der Waals surface area contributed by atoms with Crippen molar-refractivity contribution in [2.75, 3.05) is 18.0 Å².